The smallest absolute Gasteiger partial charge is 0.262 e. The maximum absolute atomic E-state index is 12.4. The number of aryl methyl sites for hydroxylation is 1. The zero-order valence-electron chi connectivity index (χ0n) is 11.3. The van der Waals surface area contributed by atoms with Crippen molar-refractivity contribution in [2.45, 2.75) is 18.7 Å². The lowest BCUT2D eigenvalue weighted by atomic mass is 10.1. The molecule has 0 fully saturated rings. The van der Waals surface area contributed by atoms with Crippen LogP contribution in [0.5, 0.6) is 0 Å². The molecule has 0 aliphatic rings. The molecule has 0 radical (unpaired) electrons. The van der Waals surface area contributed by atoms with E-state index in [0.717, 1.165) is 11.1 Å². The Kier molecular flexibility index (Phi) is 4.46. The highest BCUT2D eigenvalue weighted by Gasteiger charge is 2.17. The van der Waals surface area contributed by atoms with Gasteiger partial charge in [0, 0.05) is 5.69 Å². The van der Waals surface area contributed by atoms with Crippen LogP contribution >= 0.6 is 27.5 Å². The van der Waals surface area contributed by atoms with Crippen molar-refractivity contribution in [3.63, 3.8) is 0 Å². The summed E-state index contributed by atoms with van der Waals surface area (Å²) in [5.74, 6) is 0. The van der Waals surface area contributed by atoms with Crippen LogP contribution in [0, 0.1) is 13.8 Å². The van der Waals surface area contributed by atoms with Gasteiger partial charge in [-0.25, -0.2) is 13.4 Å². The second kappa shape index (κ2) is 5.82. The maximum Gasteiger partial charge on any atom is 0.262 e. The average molecular weight is 391 g/mol. The lowest BCUT2D eigenvalue weighted by molar-refractivity contribution is 0.601. The van der Waals surface area contributed by atoms with Crippen LogP contribution in [-0.2, 0) is 10.0 Å². The Morgan fingerprint density at radius 2 is 1.95 bits per heavy atom. The van der Waals surface area contributed by atoms with E-state index in [1.54, 1.807) is 6.07 Å². The Hall–Kier alpha value is -1.31. The van der Waals surface area contributed by atoms with Gasteiger partial charge in [-0.2, -0.15) is 0 Å². The van der Waals surface area contributed by atoms with Crippen molar-refractivity contribution in [1.29, 1.82) is 0 Å². The van der Waals surface area contributed by atoms with E-state index in [1.807, 2.05) is 13.8 Å². The van der Waals surface area contributed by atoms with E-state index in [2.05, 4.69) is 25.6 Å². The standard InChI is InChI=1S/C13H13BrClN3O2S/c1-7-3-10(5-12(16)8(7)2)21(19,20)18-9-4-11(14)13(15)17-6-9/h3-6,18H,16H2,1-2H3. The Bertz CT molecular complexity index is 786. The third kappa shape index (κ3) is 3.48. The molecule has 5 nitrogen and oxygen atoms in total. The maximum atomic E-state index is 12.4. The van der Waals surface area contributed by atoms with Crippen molar-refractivity contribution in [1.82, 2.24) is 4.98 Å². The first-order valence-electron chi connectivity index (χ1n) is 5.91. The zero-order valence-corrected chi connectivity index (χ0v) is 14.5. The van der Waals surface area contributed by atoms with Gasteiger partial charge in [-0.15, -0.1) is 0 Å². The van der Waals surface area contributed by atoms with Gasteiger partial charge < -0.3 is 5.73 Å². The molecule has 1 aromatic carbocycles. The average Bonchev–Trinajstić information content (AvgIpc) is 2.39. The number of pyridine rings is 1. The molecular formula is C13H13BrClN3O2S. The molecule has 0 atom stereocenters. The number of benzene rings is 1. The van der Waals surface area contributed by atoms with Gasteiger partial charge in [0.2, 0.25) is 0 Å². The third-order valence-corrected chi connectivity index (χ3v) is 5.53. The molecule has 2 rings (SSSR count). The Morgan fingerprint density at radius 3 is 2.52 bits per heavy atom. The molecule has 0 saturated carbocycles. The topological polar surface area (TPSA) is 85.1 Å². The summed E-state index contributed by atoms with van der Waals surface area (Å²) in [7, 11) is -3.74. The number of anilines is 2. The van der Waals surface area contributed by atoms with Crippen LogP contribution in [-0.4, -0.2) is 13.4 Å². The highest BCUT2D eigenvalue weighted by atomic mass is 79.9. The third-order valence-electron chi connectivity index (χ3n) is 3.04. The number of halogens is 2. The molecule has 0 bridgehead atoms. The van der Waals surface area contributed by atoms with E-state index in [4.69, 9.17) is 17.3 Å². The van der Waals surface area contributed by atoms with Crippen LogP contribution in [0.4, 0.5) is 11.4 Å². The van der Waals surface area contributed by atoms with Gasteiger partial charge in [-0.1, -0.05) is 11.6 Å². The van der Waals surface area contributed by atoms with E-state index in [-0.39, 0.29) is 10.0 Å². The summed E-state index contributed by atoms with van der Waals surface area (Å²) in [6.45, 7) is 3.65. The first-order valence-corrected chi connectivity index (χ1v) is 8.56. The quantitative estimate of drug-likeness (QED) is 0.620. The number of aromatic nitrogens is 1. The molecule has 1 aromatic heterocycles. The second-order valence-electron chi connectivity index (χ2n) is 4.56. The Morgan fingerprint density at radius 1 is 1.29 bits per heavy atom. The first kappa shape index (κ1) is 16.1. The second-order valence-corrected chi connectivity index (χ2v) is 7.45. The molecule has 0 spiro atoms. The fourth-order valence-corrected chi connectivity index (χ4v) is 3.30. The van der Waals surface area contributed by atoms with Crippen molar-refractivity contribution < 1.29 is 8.42 Å². The molecule has 8 heteroatoms. The molecule has 3 N–H and O–H groups in total. The van der Waals surface area contributed by atoms with E-state index >= 15 is 0 Å². The lowest BCUT2D eigenvalue weighted by Crippen LogP contribution is -2.14. The van der Waals surface area contributed by atoms with E-state index in [9.17, 15) is 8.42 Å². The van der Waals surface area contributed by atoms with Gasteiger partial charge in [0.1, 0.15) is 5.15 Å². The van der Waals surface area contributed by atoms with Crippen molar-refractivity contribution in [2.75, 3.05) is 10.5 Å². The van der Waals surface area contributed by atoms with Gasteiger partial charge in [0.05, 0.1) is 21.3 Å². The molecule has 21 heavy (non-hydrogen) atoms. The number of hydrogen-bond donors (Lipinski definition) is 2. The monoisotopic (exact) mass is 389 g/mol. The number of nitrogens with one attached hydrogen (secondary N) is 1. The van der Waals surface area contributed by atoms with Crippen LogP contribution in [0.2, 0.25) is 5.15 Å². The van der Waals surface area contributed by atoms with Crippen molar-refractivity contribution >= 4 is 48.9 Å². The van der Waals surface area contributed by atoms with Gasteiger partial charge >= 0.3 is 0 Å². The summed E-state index contributed by atoms with van der Waals surface area (Å²) in [6.07, 6.45) is 1.34. The molecule has 1 heterocycles. The first-order chi connectivity index (χ1) is 9.70. The van der Waals surface area contributed by atoms with Crippen molar-refractivity contribution in [3.05, 3.63) is 45.1 Å². The fraction of sp³-hybridized carbons (Fsp3) is 0.154. The fourth-order valence-electron chi connectivity index (χ4n) is 1.70. The summed E-state index contributed by atoms with van der Waals surface area (Å²) in [6, 6.07) is 4.55. The summed E-state index contributed by atoms with van der Waals surface area (Å²) in [5.41, 5.74) is 8.25. The molecule has 112 valence electrons. The zero-order chi connectivity index (χ0) is 15.8. The predicted octanol–water partition coefficient (Wildman–Crippen LogP) is 3.50. The van der Waals surface area contributed by atoms with Crippen LogP contribution < -0.4 is 10.5 Å². The van der Waals surface area contributed by atoms with Crippen LogP contribution in [0.25, 0.3) is 0 Å². The summed E-state index contributed by atoms with van der Waals surface area (Å²) >= 11 is 8.97. The minimum absolute atomic E-state index is 0.106. The lowest BCUT2D eigenvalue weighted by Gasteiger charge is -2.11. The molecule has 0 unspecified atom stereocenters. The molecular weight excluding hydrogens is 378 g/mol. The van der Waals surface area contributed by atoms with Crippen LogP contribution in [0.1, 0.15) is 11.1 Å². The van der Waals surface area contributed by atoms with E-state index in [0.29, 0.717) is 15.8 Å². The van der Waals surface area contributed by atoms with Gasteiger partial charge in [-0.05, 0) is 59.1 Å². The van der Waals surface area contributed by atoms with Gasteiger partial charge in [0.25, 0.3) is 10.0 Å². The minimum Gasteiger partial charge on any atom is -0.398 e. The summed E-state index contributed by atoms with van der Waals surface area (Å²) < 4.78 is 27.7. The number of nitrogens with zero attached hydrogens (tertiary/aromatic N) is 1. The number of nitrogen functional groups attached to an aromatic ring is 1. The number of sulfonamides is 1. The molecule has 0 aliphatic heterocycles. The Labute approximate surface area is 136 Å². The number of nitrogens with two attached hydrogens (primary N) is 1. The van der Waals surface area contributed by atoms with E-state index in [1.165, 1.54) is 18.3 Å². The number of rotatable bonds is 3. The van der Waals surface area contributed by atoms with Gasteiger partial charge in [-0.3, -0.25) is 4.72 Å². The largest absolute Gasteiger partial charge is 0.398 e. The normalized spacial score (nSPS) is 11.4. The molecule has 0 amide bonds. The highest BCUT2D eigenvalue weighted by molar-refractivity contribution is 9.10. The van der Waals surface area contributed by atoms with Crippen LogP contribution in [0.15, 0.2) is 33.8 Å². The van der Waals surface area contributed by atoms with Crippen molar-refractivity contribution in [3.8, 4) is 0 Å². The minimum atomic E-state index is -3.74. The molecule has 2 aromatic rings. The highest BCUT2D eigenvalue weighted by Crippen LogP contribution is 2.26. The summed E-state index contributed by atoms with van der Waals surface area (Å²) in [5, 5.41) is 0.258. The van der Waals surface area contributed by atoms with E-state index < -0.39 is 10.0 Å². The van der Waals surface area contributed by atoms with Crippen molar-refractivity contribution in [2.24, 2.45) is 0 Å². The van der Waals surface area contributed by atoms with Gasteiger partial charge in [0.15, 0.2) is 0 Å². The molecule has 0 aliphatic carbocycles. The molecule has 0 saturated heterocycles. The number of hydrogen-bond acceptors (Lipinski definition) is 4. The Balaban J connectivity index is 2.40. The summed E-state index contributed by atoms with van der Waals surface area (Å²) in [4.78, 5) is 3.98. The van der Waals surface area contributed by atoms with Crippen LogP contribution in [0.3, 0.4) is 0 Å². The SMILES string of the molecule is Cc1cc(S(=O)(=O)Nc2cnc(Cl)c(Br)c2)cc(N)c1C. The predicted molar refractivity (Wildman–Crippen MR) is 88.1 cm³/mol.